The second-order valence-electron chi connectivity index (χ2n) is 4.39. The number of fused-ring (bicyclic) bond motifs is 1. The largest absolute Gasteiger partial charge is 0.394 e. The van der Waals surface area contributed by atoms with Gasteiger partial charge in [-0.1, -0.05) is 12.1 Å². The average molecular weight is 280 g/mol. The standard InChI is InChI=1S/C14H20N2O2S/c1-11(15-7-4-9-18-10-8-17)14-16-12-5-2-3-6-13(12)19-14/h2-3,5-6,11,15,17H,4,7-10H2,1H3. The van der Waals surface area contributed by atoms with E-state index in [1.807, 2.05) is 18.2 Å². The van der Waals surface area contributed by atoms with E-state index in [9.17, 15) is 0 Å². The summed E-state index contributed by atoms with van der Waals surface area (Å²) in [6.45, 7) is 4.22. The lowest BCUT2D eigenvalue weighted by atomic mass is 10.3. The third-order valence-corrected chi connectivity index (χ3v) is 4.05. The van der Waals surface area contributed by atoms with Gasteiger partial charge in [-0.05, 0) is 32.0 Å². The van der Waals surface area contributed by atoms with Crippen molar-refractivity contribution in [1.29, 1.82) is 0 Å². The Balaban J connectivity index is 1.78. The predicted molar refractivity (Wildman–Crippen MR) is 78.6 cm³/mol. The van der Waals surface area contributed by atoms with Crippen LogP contribution in [0.4, 0.5) is 0 Å². The van der Waals surface area contributed by atoms with E-state index in [-0.39, 0.29) is 12.6 Å². The van der Waals surface area contributed by atoms with E-state index in [2.05, 4.69) is 23.3 Å². The number of nitrogens with one attached hydrogen (secondary N) is 1. The molecule has 5 heteroatoms. The first-order valence-corrected chi connectivity index (χ1v) is 7.40. The van der Waals surface area contributed by atoms with Gasteiger partial charge >= 0.3 is 0 Å². The van der Waals surface area contributed by atoms with Crippen molar-refractivity contribution in [2.24, 2.45) is 0 Å². The fraction of sp³-hybridized carbons (Fsp3) is 0.500. The Hall–Kier alpha value is -1.01. The average Bonchev–Trinajstić information content (AvgIpc) is 2.86. The number of rotatable bonds is 8. The molecule has 0 aliphatic rings. The first-order valence-electron chi connectivity index (χ1n) is 6.58. The highest BCUT2D eigenvalue weighted by Crippen LogP contribution is 2.25. The van der Waals surface area contributed by atoms with Gasteiger partial charge in [0.25, 0.3) is 0 Å². The molecule has 2 N–H and O–H groups in total. The number of hydrogen-bond donors (Lipinski definition) is 2. The van der Waals surface area contributed by atoms with E-state index >= 15 is 0 Å². The number of aliphatic hydroxyl groups is 1. The SMILES string of the molecule is CC(NCCCOCCO)c1nc2ccccc2s1. The van der Waals surface area contributed by atoms with Crippen molar-refractivity contribution in [2.75, 3.05) is 26.4 Å². The number of hydrogen-bond acceptors (Lipinski definition) is 5. The smallest absolute Gasteiger partial charge is 0.111 e. The minimum Gasteiger partial charge on any atom is -0.394 e. The van der Waals surface area contributed by atoms with Gasteiger partial charge in [-0.3, -0.25) is 0 Å². The molecule has 0 saturated carbocycles. The summed E-state index contributed by atoms with van der Waals surface area (Å²) >= 11 is 1.74. The fourth-order valence-electron chi connectivity index (χ4n) is 1.82. The number of benzene rings is 1. The quantitative estimate of drug-likeness (QED) is 0.729. The number of para-hydroxylation sites is 1. The molecule has 19 heavy (non-hydrogen) atoms. The molecular weight excluding hydrogens is 260 g/mol. The number of thiazole rings is 1. The van der Waals surface area contributed by atoms with Crippen LogP contribution in [0.25, 0.3) is 10.2 Å². The maximum Gasteiger partial charge on any atom is 0.111 e. The molecule has 1 unspecified atom stereocenters. The Morgan fingerprint density at radius 1 is 1.37 bits per heavy atom. The summed E-state index contributed by atoms with van der Waals surface area (Å²) in [5.74, 6) is 0. The first-order chi connectivity index (χ1) is 9.31. The van der Waals surface area contributed by atoms with Crippen LogP contribution in [0.1, 0.15) is 24.4 Å². The van der Waals surface area contributed by atoms with E-state index in [1.54, 1.807) is 11.3 Å². The van der Waals surface area contributed by atoms with Crippen LogP contribution in [0, 0.1) is 0 Å². The fourth-order valence-corrected chi connectivity index (χ4v) is 2.82. The second-order valence-corrected chi connectivity index (χ2v) is 5.45. The molecule has 0 bridgehead atoms. The maximum atomic E-state index is 8.58. The molecule has 1 aromatic carbocycles. The van der Waals surface area contributed by atoms with Gasteiger partial charge in [-0.2, -0.15) is 0 Å². The van der Waals surface area contributed by atoms with E-state index in [0.717, 1.165) is 23.5 Å². The van der Waals surface area contributed by atoms with Gasteiger partial charge in [0.1, 0.15) is 5.01 Å². The van der Waals surface area contributed by atoms with Gasteiger partial charge in [0.15, 0.2) is 0 Å². The molecule has 1 heterocycles. The molecule has 0 radical (unpaired) electrons. The van der Waals surface area contributed by atoms with Crippen molar-refractivity contribution in [2.45, 2.75) is 19.4 Å². The monoisotopic (exact) mass is 280 g/mol. The summed E-state index contributed by atoms with van der Waals surface area (Å²) in [5, 5.41) is 13.1. The Morgan fingerprint density at radius 2 is 2.21 bits per heavy atom. The van der Waals surface area contributed by atoms with Gasteiger partial charge in [-0.15, -0.1) is 11.3 Å². The van der Waals surface area contributed by atoms with E-state index in [0.29, 0.717) is 13.2 Å². The Kier molecular flexibility index (Phi) is 5.72. The molecule has 0 aliphatic carbocycles. The van der Waals surface area contributed by atoms with Crippen molar-refractivity contribution in [3.8, 4) is 0 Å². The molecule has 0 amide bonds. The lowest BCUT2D eigenvalue weighted by molar-refractivity contribution is 0.0904. The molecule has 0 aliphatic heterocycles. The van der Waals surface area contributed by atoms with Gasteiger partial charge in [0, 0.05) is 6.61 Å². The van der Waals surface area contributed by atoms with Crippen LogP contribution in [0.2, 0.25) is 0 Å². The molecule has 0 fully saturated rings. The summed E-state index contributed by atoms with van der Waals surface area (Å²) < 4.78 is 6.45. The van der Waals surface area contributed by atoms with Crippen molar-refractivity contribution >= 4 is 21.6 Å². The highest BCUT2D eigenvalue weighted by molar-refractivity contribution is 7.18. The lowest BCUT2D eigenvalue weighted by Crippen LogP contribution is -2.21. The third kappa shape index (κ3) is 4.24. The number of nitrogens with zero attached hydrogens (tertiary/aromatic N) is 1. The molecular formula is C14H20N2O2S. The normalized spacial score (nSPS) is 12.9. The van der Waals surface area contributed by atoms with Crippen LogP contribution in [0.5, 0.6) is 0 Å². The molecule has 2 rings (SSSR count). The second kappa shape index (κ2) is 7.55. The van der Waals surface area contributed by atoms with E-state index in [1.165, 1.54) is 4.70 Å². The summed E-state index contributed by atoms with van der Waals surface area (Å²) in [6, 6.07) is 8.47. The zero-order chi connectivity index (χ0) is 13.5. The molecule has 1 atom stereocenters. The number of aromatic nitrogens is 1. The van der Waals surface area contributed by atoms with Crippen molar-refractivity contribution in [3.63, 3.8) is 0 Å². The zero-order valence-electron chi connectivity index (χ0n) is 11.1. The topological polar surface area (TPSA) is 54.4 Å². The Morgan fingerprint density at radius 3 is 3.00 bits per heavy atom. The van der Waals surface area contributed by atoms with Gasteiger partial charge in [0.05, 0.1) is 29.5 Å². The predicted octanol–water partition coefficient (Wildman–Crippen LogP) is 2.35. The van der Waals surface area contributed by atoms with Crippen molar-refractivity contribution in [1.82, 2.24) is 10.3 Å². The summed E-state index contributed by atoms with van der Waals surface area (Å²) in [6.07, 6.45) is 0.940. The highest BCUT2D eigenvalue weighted by Gasteiger charge is 2.10. The molecule has 2 aromatic rings. The number of ether oxygens (including phenoxy) is 1. The summed E-state index contributed by atoms with van der Waals surface area (Å²) in [7, 11) is 0. The minimum atomic E-state index is 0.0928. The Bertz CT molecular complexity index is 468. The van der Waals surface area contributed by atoms with Crippen LogP contribution < -0.4 is 5.32 Å². The van der Waals surface area contributed by atoms with Gasteiger partial charge < -0.3 is 15.2 Å². The van der Waals surface area contributed by atoms with Gasteiger partial charge in [0.2, 0.25) is 0 Å². The zero-order valence-corrected chi connectivity index (χ0v) is 11.9. The minimum absolute atomic E-state index is 0.0928. The molecule has 0 spiro atoms. The lowest BCUT2D eigenvalue weighted by Gasteiger charge is -2.10. The molecule has 1 aromatic heterocycles. The molecule has 104 valence electrons. The molecule has 0 saturated heterocycles. The molecule has 4 nitrogen and oxygen atoms in total. The summed E-state index contributed by atoms with van der Waals surface area (Å²) in [4.78, 5) is 4.63. The Labute approximate surface area is 117 Å². The van der Waals surface area contributed by atoms with E-state index < -0.39 is 0 Å². The van der Waals surface area contributed by atoms with Crippen LogP contribution in [-0.2, 0) is 4.74 Å². The van der Waals surface area contributed by atoms with Crippen LogP contribution in [0.3, 0.4) is 0 Å². The third-order valence-electron chi connectivity index (χ3n) is 2.83. The van der Waals surface area contributed by atoms with Crippen molar-refractivity contribution in [3.05, 3.63) is 29.3 Å². The van der Waals surface area contributed by atoms with Crippen LogP contribution in [0.15, 0.2) is 24.3 Å². The van der Waals surface area contributed by atoms with Crippen LogP contribution >= 0.6 is 11.3 Å². The van der Waals surface area contributed by atoms with Crippen molar-refractivity contribution < 1.29 is 9.84 Å². The maximum absolute atomic E-state index is 8.58. The first kappa shape index (κ1) is 14.4. The summed E-state index contributed by atoms with van der Waals surface area (Å²) in [5.41, 5.74) is 1.07. The number of aliphatic hydroxyl groups excluding tert-OH is 1. The van der Waals surface area contributed by atoms with E-state index in [4.69, 9.17) is 9.84 Å². The van der Waals surface area contributed by atoms with Gasteiger partial charge in [-0.25, -0.2) is 4.98 Å². The van der Waals surface area contributed by atoms with Crippen LogP contribution in [-0.4, -0.2) is 36.5 Å². The highest BCUT2D eigenvalue weighted by atomic mass is 32.1.